The maximum Gasteiger partial charge on any atom is 0.347 e. The molecule has 0 spiro atoms. The molecule has 2 rings (SSSR count). The van der Waals surface area contributed by atoms with Gasteiger partial charge >= 0.3 is 5.97 Å². The van der Waals surface area contributed by atoms with Crippen LogP contribution in [-0.4, -0.2) is 19.5 Å². The van der Waals surface area contributed by atoms with Gasteiger partial charge in [-0.3, -0.25) is 4.72 Å². The first-order valence-electron chi connectivity index (χ1n) is 5.10. The largest absolute Gasteiger partial charge is 0.477 e. The molecule has 0 atom stereocenters. The second-order valence-electron chi connectivity index (χ2n) is 3.65. The van der Waals surface area contributed by atoms with Crippen LogP contribution in [0, 0.1) is 11.6 Å². The molecule has 0 fully saturated rings. The summed E-state index contributed by atoms with van der Waals surface area (Å²) in [5.74, 6) is -3.71. The van der Waals surface area contributed by atoms with Gasteiger partial charge in [0.1, 0.15) is 9.77 Å². The van der Waals surface area contributed by atoms with Gasteiger partial charge in [0.25, 0.3) is 10.0 Å². The minimum Gasteiger partial charge on any atom is -0.477 e. The number of sulfonamides is 1. The lowest BCUT2D eigenvalue weighted by Crippen LogP contribution is -2.15. The van der Waals surface area contributed by atoms with Crippen molar-refractivity contribution in [1.82, 2.24) is 0 Å². The second kappa shape index (κ2) is 5.17. The summed E-state index contributed by atoms with van der Waals surface area (Å²) in [6, 6.07) is 3.58. The zero-order chi connectivity index (χ0) is 14.9. The molecule has 2 N–H and O–H groups in total. The molecule has 106 valence electrons. The lowest BCUT2D eigenvalue weighted by atomic mass is 10.3. The number of hydrogen-bond acceptors (Lipinski definition) is 4. The van der Waals surface area contributed by atoms with E-state index in [1.54, 1.807) is 0 Å². The molecule has 5 nitrogen and oxygen atoms in total. The number of carbonyl (C=O) groups is 1. The third-order valence-electron chi connectivity index (χ3n) is 2.28. The van der Waals surface area contributed by atoms with Crippen molar-refractivity contribution in [2.75, 3.05) is 4.72 Å². The average molecular weight is 319 g/mol. The summed E-state index contributed by atoms with van der Waals surface area (Å²) in [4.78, 5) is 10.1. The molecule has 20 heavy (non-hydrogen) atoms. The molecule has 1 aromatic heterocycles. The van der Waals surface area contributed by atoms with E-state index in [0.29, 0.717) is 6.07 Å². The Labute approximate surface area is 116 Å². The summed E-state index contributed by atoms with van der Waals surface area (Å²) >= 11 is 0.748. The molecule has 0 unspecified atom stereocenters. The van der Waals surface area contributed by atoms with Gasteiger partial charge in [0.15, 0.2) is 11.6 Å². The number of thiophene rings is 1. The van der Waals surface area contributed by atoms with Crippen molar-refractivity contribution in [2.24, 2.45) is 0 Å². The molecular weight excluding hydrogens is 312 g/mol. The van der Waals surface area contributed by atoms with Crippen LogP contribution in [0.15, 0.2) is 34.5 Å². The number of anilines is 1. The van der Waals surface area contributed by atoms with E-state index in [9.17, 15) is 22.0 Å². The molecule has 1 aromatic carbocycles. The molecule has 0 radical (unpaired) electrons. The van der Waals surface area contributed by atoms with Crippen LogP contribution in [0.1, 0.15) is 9.67 Å². The fraction of sp³-hybridized carbons (Fsp3) is 0. The zero-order valence-electron chi connectivity index (χ0n) is 9.63. The van der Waals surface area contributed by atoms with Crippen LogP contribution in [0.25, 0.3) is 0 Å². The highest BCUT2D eigenvalue weighted by Gasteiger charge is 2.24. The van der Waals surface area contributed by atoms with Crippen molar-refractivity contribution in [2.45, 2.75) is 4.90 Å². The van der Waals surface area contributed by atoms with E-state index in [-0.39, 0.29) is 10.6 Å². The van der Waals surface area contributed by atoms with E-state index in [2.05, 4.69) is 0 Å². The highest BCUT2D eigenvalue weighted by Crippen LogP contribution is 2.24. The second-order valence-corrected chi connectivity index (χ2v) is 6.22. The van der Waals surface area contributed by atoms with Crippen molar-refractivity contribution in [3.8, 4) is 0 Å². The van der Waals surface area contributed by atoms with Crippen molar-refractivity contribution < 1.29 is 27.1 Å². The van der Waals surface area contributed by atoms with Crippen LogP contribution in [0.4, 0.5) is 14.5 Å². The van der Waals surface area contributed by atoms with Crippen LogP contribution in [-0.2, 0) is 10.0 Å². The van der Waals surface area contributed by atoms with Crippen LogP contribution >= 0.6 is 11.3 Å². The van der Waals surface area contributed by atoms with Crippen LogP contribution in [0.5, 0.6) is 0 Å². The van der Waals surface area contributed by atoms with Crippen LogP contribution in [0.3, 0.4) is 0 Å². The van der Waals surface area contributed by atoms with Crippen molar-refractivity contribution in [3.63, 3.8) is 0 Å². The molecule has 0 amide bonds. The standard InChI is InChI=1S/C11H7F2NO4S2/c12-7-2-1-6(5-8(7)13)14-20(17,18)9-3-4-19-10(9)11(15)16/h1-5,14H,(H,15,16). The molecule has 9 heteroatoms. The molecular formula is C11H7F2NO4S2. The molecule has 1 heterocycles. The van der Waals surface area contributed by atoms with Gasteiger partial charge in [0.05, 0.1) is 5.69 Å². The Kier molecular flexibility index (Phi) is 3.73. The minimum atomic E-state index is -4.18. The summed E-state index contributed by atoms with van der Waals surface area (Å²) in [5.41, 5.74) is -0.202. The highest BCUT2D eigenvalue weighted by atomic mass is 32.2. The van der Waals surface area contributed by atoms with Gasteiger partial charge in [-0.25, -0.2) is 22.0 Å². The first-order valence-corrected chi connectivity index (χ1v) is 7.46. The molecule has 0 aliphatic heterocycles. The number of benzene rings is 1. The predicted octanol–water partition coefficient (Wildman–Crippen LogP) is 2.53. The quantitative estimate of drug-likeness (QED) is 0.907. The Bertz CT molecular complexity index is 770. The van der Waals surface area contributed by atoms with E-state index in [1.807, 2.05) is 4.72 Å². The van der Waals surface area contributed by atoms with Gasteiger partial charge in [-0.15, -0.1) is 11.3 Å². The van der Waals surface area contributed by atoms with E-state index in [0.717, 1.165) is 29.5 Å². The Morgan fingerprint density at radius 1 is 1.20 bits per heavy atom. The Balaban J connectivity index is 2.38. The average Bonchev–Trinajstić information content (AvgIpc) is 2.83. The number of hydrogen-bond donors (Lipinski definition) is 2. The smallest absolute Gasteiger partial charge is 0.347 e. The number of aromatic carboxylic acids is 1. The van der Waals surface area contributed by atoms with Gasteiger partial charge in [0, 0.05) is 6.07 Å². The number of nitrogens with one attached hydrogen (secondary N) is 1. The van der Waals surface area contributed by atoms with Crippen LogP contribution in [0.2, 0.25) is 0 Å². The van der Waals surface area contributed by atoms with Gasteiger partial charge < -0.3 is 5.11 Å². The number of rotatable bonds is 4. The van der Waals surface area contributed by atoms with Crippen LogP contribution < -0.4 is 4.72 Å². The number of carboxylic acids is 1. The Hall–Kier alpha value is -2.00. The SMILES string of the molecule is O=C(O)c1sccc1S(=O)(=O)Nc1ccc(F)c(F)c1. The monoisotopic (exact) mass is 319 g/mol. The van der Waals surface area contributed by atoms with Gasteiger partial charge in [0.2, 0.25) is 0 Å². The van der Waals surface area contributed by atoms with Gasteiger partial charge in [-0.05, 0) is 23.6 Å². The fourth-order valence-corrected chi connectivity index (χ4v) is 3.75. The molecule has 2 aromatic rings. The highest BCUT2D eigenvalue weighted by molar-refractivity contribution is 7.93. The summed E-state index contributed by atoms with van der Waals surface area (Å²) in [7, 11) is -4.18. The summed E-state index contributed by atoms with van der Waals surface area (Å²) < 4.78 is 51.7. The maximum absolute atomic E-state index is 13.0. The van der Waals surface area contributed by atoms with Gasteiger partial charge in [-0.2, -0.15) is 0 Å². The van der Waals surface area contributed by atoms with Crippen molar-refractivity contribution in [3.05, 3.63) is 46.2 Å². The predicted molar refractivity (Wildman–Crippen MR) is 68.4 cm³/mol. The Morgan fingerprint density at radius 3 is 2.50 bits per heavy atom. The topological polar surface area (TPSA) is 83.5 Å². The minimum absolute atomic E-state index is 0.202. The molecule has 0 aliphatic carbocycles. The zero-order valence-corrected chi connectivity index (χ0v) is 11.3. The van der Waals surface area contributed by atoms with E-state index >= 15 is 0 Å². The lowest BCUT2D eigenvalue weighted by Gasteiger charge is -2.07. The summed E-state index contributed by atoms with van der Waals surface area (Å²) in [6.07, 6.45) is 0. The summed E-state index contributed by atoms with van der Waals surface area (Å²) in [6.45, 7) is 0. The molecule has 0 saturated carbocycles. The third kappa shape index (κ3) is 2.78. The van der Waals surface area contributed by atoms with Crippen molar-refractivity contribution in [1.29, 1.82) is 0 Å². The first kappa shape index (κ1) is 14.4. The number of carboxylic acid groups (broad SMARTS) is 1. The molecule has 0 saturated heterocycles. The first-order chi connectivity index (χ1) is 9.31. The third-order valence-corrected chi connectivity index (χ3v) is 4.74. The summed E-state index contributed by atoms with van der Waals surface area (Å²) in [5, 5.41) is 10.2. The lowest BCUT2D eigenvalue weighted by molar-refractivity contribution is 0.0698. The van der Waals surface area contributed by atoms with E-state index < -0.39 is 32.5 Å². The molecule has 0 aliphatic rings. The fourth-order valence-electron chi connectivity index (χ4n) is 1.43. The molecule has 0 bridgehead atoms. The van der Waals surface area contributed by atoms with Gasteiger partial charge in [-0.1, -0.05) is 0 Å². The number of halogens is 2. The van der Waals surface area contributed by atoms with E-state index in [1.165, 1.54) is 5.38 Å². The maximum atomic E-state index is 13.0. The Morgan fingerprint density at radius 2 is 1.90 bits per heavy atom. The normalized spacial score (nSPS) is 11.3. The van der Waals surface area contributed by atoms with E-state index in [4.69, 9.17) is 5.11 Å². The van der Waals surface area contributed by atoms with Crippen molar-refractivity contribution >= 4 is 33.0 Å².